The summed E-state index contributed by atoms with van der Waals surface area (Å²) >= 11 is 0. The highest BCUT2D eigenvalue weighted by molar-refractivity contribution is 5.55. The lowest BCUT2D eigenvalue weighted by molar-refractivity contribution is -0.387. The molecule has 0 spiro atoms. The van der Waals surface area contributed by atoms with Crippen molar-refractivity contribution in [3.8, 4) is 0 Å². The van der Waals surface area contributed by atoms with E-state index in [9.17, 15) is 14.5 Å². The van der Waals surface area contributed by atoms with Gasteiger partial charge in [0.2, 0.25) is 5.82 Å². The standard InChI is InChI=1S/C14H16FNO2/c15-13-10-12(7-8-14(13)16(17)18)9-11-5-3-1-2-4-6-11/h7-10H,1-6H2. The Kier molecular flexibility index (Phi) is 4.07. The summed E-state index contributed by atoms with van der Waals surface area (Å²) in [6, 6.07) is 4.09. The van der Waals surface area contributed by atoms with E-state index in [1.54, 1.807) is 6.07 Å². The van der Waals surface area contributed by atoms with Crippen LogP contribution in [0.15, 0.2) is 23.8 Å². The minimum absolute atomic E-state index is 0.460. The molecule has 2 rings (SSSR count). The monoisotopic (exact) mass is 249 g/mol. The van der Waals surface area contributed by atoms with Gasteiger partial charge in [0.1, 0.15) is 0 Å². The van der Waals surface area contributed by atoms with Gasteiger partial charge in [0.25, 0.3) is 0 Å². The molecular weight excluding hydrogens is 233 g/mol. The molecule has 0 heterocycles. The summed E-state index contributed by atoms with van der Waals surface area (Å²) in [6.45, 7) is 0. The summed E-state index contributed by atoms with van der Waals surface area (Å²) in [6.07, 6.45) is 8.95. The zero-order valence-corrected chi connectivity index (χ0v) is 10.2. The molecule has 0 bridgehead atoms. The number of nitro groups is 1. The van der Waals surface area contributed by atoms with Crippen LogP contribution in [0.1, 0.15) is 44.1 Å². The first-order valence-electron chi connectivity index (χ1n) is 6.30. The van der Waals surface area contributed by atoms with E-state index in [1.807, 2.05) is 6.08 Å². The van der Waals surface area contributed by atoms with Crippen molar-refractivity contribution >= 4 is 11.8 Å². The summed E-state index contributed by atoms with van der Waals surface area (Å²) in [5.41, 5.74) is 1.58. The summed E-state index contributed by atoms with van der Waals surface area (Å²) in [5.74, 6) is -0.761. The van der Waals surface area contributed by atoms with Crippen LogP contribution in [-0.2, 0) is 0 Å². The van der Waals surface area contributed by atoms with Gasteiger partial charge < -0.3 is 0 Å². The highest BCUT2D eigenvalue weighted by atomic mass is 19.1. The molecule has 96 valence electrons. The van der Waals surface area contributed by atoms with Gasteiger partial charge in [-0.2, -0.15) is 4.39 Å². The highest BCUT2D eigenvalue weighted by Gasteiger charge is 2.13. The van der Waals surface area contributed by atoms with Crippen LogP contribution in [0, 0.1) is 15.9 Å². The molecule has 0 amide bonds. The Labute approximate surface area is 105 Å². The third kappa shape index (κ3) is 3.15. The molecule has 0 aliphatic heterocycles. The Morgan fingerprint density at radius 3 is 2.39 bits per heavy atom. The number of hydrogen-bond acceptors (Lipinski definition) is 2. The van der Waals surface area contributed by atoms with E-state index in [0.717, 1.165) is 18.4 Å². The molecule has 0 aromatic heterocycles. The Hall–Kier alpha value is -1.71. The van der Waals surface area contributed by atoms with Gasteiger partial charge in [-0.05, 0) is 43.4 Å². The van der Waals surface area contributed by atoms with E-state index in [-0.39, 0.29) is 0 Å². The first kappa shape index (κ1) is 12.7. The highest BCUT2D eigenvalue weighted by Crippen LogP contribution is 2.25. The van der Waals surface area contributed by atoms with Crippen molar-refractivity contribution in [3.05, 3.63) is 45.3 Å². The number of nitro benzene ring substituents is 1. The minimum atomic E-state index is -0.761. The maximum atomic E-state index is 13.5. The molecule has 0 saturated heterocycles. The fourth-order valence-electron chi connectivity index (χ4n) is 2.32. The fraction of sp³-hybridized carbons (Fsp3) is 0.429. The molecular formula is C14H16FNO2. The van der Waals surface area contributed by atoms with Crippen molar-refractivity contribution in [2.75, 3.05) is 0 Å². The Bertz CT molecular complexity index is 473. The molecule has 0 atom stereocenters. The van der Waals surface area contributed by atoms with E-state index in [0.29, 0.717) is 0 Å². The van der Waals surface area contributed by atoms with Crippen molar-refractivity contribution in [1.82, 2.24) is 0 Å². The van der Waals surface area contributed by atoms with E-state index in [2.05, 4.69) is 0 Å². The number of nitrogens with zero attached hydrogens (tertiary/aromatic N) is 1. The lowest BCUT2D eigenvalue weighted by Crippen LogP contribution is -1.92. The number of halogens is 1. The number of benzene rings is 1. The second kappa shape index (κ2) is 5.76. The lowest BCUT2D eigenvalue weighted by atomic mass is 10.0. The summed E-state index contributed by atoms with van der Waals surface area (Å²) in [7, 11) is 0. The number of rotatable bonds is 2. The maximum Gasteiger partial charge on any atom is 0.304 e. The van der Waals surface area contributed by atoms with E-state index >= 15 is 0 Å². The normalized spacial score (nSPS) is 16.2. The molecule has 0 radical (unpaired) electrons. The molecule has 1 aliphatic carbocycles. The van der Waals surface area contributed by atoms with Gasteiger partial charge in [-0.15, -0.1) is 0 Å². The Morgan fingerprint density at radius 1 is 1.17 bits per heavy atom. The van der Waals surface area contributed by atoms with Crippen LogP contribution in [0.3, 0.4) is 0 Å². The molecule has 3 nitrogen and oxygen atoms in total. The molecule has 0 N–H and O–H groups in total. The van der Waals surface area contributed by atoms with Gasteiger partial charge in [-0.25, -0.2) is 0 Å². The number of hydrogen-bond donors (Lipinski definition) is 0. The molecule has 18 heavy (non-hydrogen) atoms. The molecule has 1 aliphatic rings. The van der Waals surface area contributed by atoms with Gasteiger partial charge >= 0.3 is 5.69 Å². The van der Waals surface area contributed by atoms with Gasteiger partial charge in [-0.3, -0.25) is 10.1 Å². The average Bonchev–Trinajstić information content (AvgIpc) is 2.57. The van der Waals surface area contributed by atoms with Crippen molar-refractivity contribution < 1.29 is 9.31 Å². The lowest BCUT2D eigenvalue weighted by Gasteiger charge is -2.03. The Balaban J connectivity index is 2.21. The van der Waals surface area contributed by atoms with Crippen molar-refractivity contribution in [1.29, 1.82) is 0 Å². The van der Waals surface area contributed by atoms with Crippen molar-refractivity contribution in [2.24, 2.45) is 0 Å². The minimum Gasteiger partial charge on any atom is -0.258 e. The van der Waals surface area contributed by atoms with Gasteiger partial charge in [0, 0.05) is 6.07 Å². The number of allylic oxidation sites excluding steroid dienone is 1. The first-order valence-corrected chi connectivity index (χ1v) is 6.30. The maximum absolute atomic E-state index is 13.5. The smallest absolute Gasteiger partial charge is 0.258 e. The average molecular weight is 249 g/mol. The van der Waals surface area contributed by atoms with Crippen LogP contribution >= 0.6 is 0 Å². The summed E-state index contributed by atoms with van der Waals surface area (Å²) in [4.78, 5) is 9.82. The van der Waals surface area contributed by atoms with E-state index in [4.69, 9.17) is 0 Å². The zero-order chi connectivity index (χ0) is 13.0. The molecule has 0 unspecified atom stereocenters. The molecule has 1 fully saturated rings. The van der Waals surface area contributed by atoms with Crippen LogP contribution in [0.5, 0.6) is 0 Å². The van der Waals surface area contributed by atoms with Crippen LogP contribution in [-0.4, -0.2) is 4.92 Å². The van der Waals surface area contributed by atoms with Crippen molar-refractivity contribution in [3.63, 3.8) is 0 Å². The Morgan fingerprint density at radius 2 is 1.83 bits per heavy atom. The summed E-state index contributed by atoms with van der Waals surface area (Å²) in [5, 5.41) is 10.5. The quantitative estimate of drug-likeness (QED) is 0.441. The third-order valence-electron chi connectivity index (χ3n) is 3.29. The zero-order valence-electron chi connectivity index (χ0n) is 10.2. The predicted molar refractivity (Wildman–Crippen MR) is 68.7 cm³/mol. The van der Waals surface area contributed by atoms with Crippen LogP contribution in [0.2, 0.25) is 0 Å². The predicted octanol–water partition coefficient (Wildman–Crippen LogP) is 4.47. The van der Waals surface area contributed by atoms with Crippen LogP contribution in [0.25, 0.3) is 6.08 Å². The van der Waals surface area contributed by atoms with E-state index < -0.39 is 16.4 Å². The molecule has 1 aromatic carbocycles. The van der Waals surface area contributed by atoms with Gasteiger partial charge in [0.05, 0.1) is 4.92 Å². The second-order valence-electron chi connectivity index (χ2n) is 4.68. The SMILES string of the molecule is O=[N+]([O-])c1ccc(C=C2CCCCCC2)cc1F. The largest absolute Gasteiger partial charge is 0.304 e. The second-order valence-corrected chi connectivity index (χ2v) is 4.68. The first-order chi connectivity index (χ1) is 8.66. The fourth-order valence-corrected chi connectivity index (χ4v) is 2.32. The van der Waals surface area contributed by atoms with Crippen LogP contribution < -0.4 is 0 Å². The van der Waals surface area contributed by atoms with E-state index in [1.165, 1.54) is 43.4 Å². The van der Waals surface area contributed by atoms with Crippen molar-refractivity contribution in [2.45, 2.75) is 38.5 Å². The molecule has 1 saturated carbocycles. The summed E-state index contributed by atoms with van der Waals surface area (Å²) < 4.78 is 13.5. The van der Waals surface area contributed by atoms with Gasteiger partial charge in [-0.1, -0.05) is 24.5 Å². The topological polar surface area (TPSA) is 43.1 Å². The third-order valence-corrected chi connectivity index (χ3v) is 3.29. The molecule has 4 heteroatoms. The van der Waals surface area contributed by atoms with Gasteiger partial charge in [0.15, 0.2) is 0 Å². The molecule has 1 aromatic rings. The van der Waals surface area contributed by atoms with Crippen LogP contribution in [0.4, 0.5) is 10.1 Å².